The third-order valence-corrected chi connectivity index (χ3v) is 2.46. The van der Waals surface area contributed by atoms with Gasteiger partial charge in [-0.3, -0.25) is 0 Å². The molecule has 1 spiro atoms. The molecular formula is C11H18N2O4. The number of carbonyl (C=O) groups is 1. The average molecular weight is 242 g/mol. The van der Waals surface area contributed by atoms with Gasteiger partial charge in [0.05, 0.1) is 25.5 Å². The van der Waals surface area contributed by atoms with Crippen LogP contribution in [-0.2, 0) is 14.3 Å². The van der Waals surface area contributed by atoms with Gasteiger partial charge >= 0.3 is 6.09 Å². The highest BCUT2D eigenvalue weighted by Gasteiger charge is 2.46. The summed E-state index contributed by atoms with van der Waals surface area (Å²) in [6, 6.07) is 0. The fourth-order valence-corrected chi connectivity index (χ4v) is 1.67. The second kappa shape index (κ2) is 4.18. The lowest BCUT2D eigenvalue weighted by Gasteiger charge is -2.34. The Balaban J connectivity index is 1.71. The van der Waals surface area contributed by atoms with Gasteiger partial charge in [-0.05, 0) is 20.8 Å². The van der Waals surface area contributed by atoms with E-state index in [0.29, 0.717) is 26.2 Å². The maximum absolute atomic E-state index is 11.4. The van der Waals surface area contributed by atoms with Crippen LogP contribution in [0.25, 0.3) is 0 Å². The molecule has 0 saturated carbocycles. The normalized spacial score (nSPS) is 21.5. The number of nitrogens with one attached hydrogen (secondary N) is 1. The van der Waals surface area contributed by atoms with Gasteiger partial charge < -0.3 is 19.6 Å². The minimum absolute atomic E-state index is 0.259. The maximum atomic E-state index is 11.4. The molecule has 0 aromatic rings. The number of carbonyl (C=O) groups excluding carboxylic acids is 1. The molecular weight excluding hydrogens is 224 g/mol. The molecule has 0 aromatic heterocycles. The molecule has 1 saturated heterocycles. The fourth-order valence-electron chi connectivity index (χ4n) is 1.67. The summed E-state index contributed by atoms with van der Waals surface area (Å²) in [5.74, 6) is 0. The van der Waals surface area contributed by atoms with Crippen molar-refractivity contribution in [3.63, 3.8) is 0 Å². The van der Waals surface area contributed by atoms with Crippen molar-refractivity contribution in [3.8, 4) is 0 Å². The third kappa shape index (κ3) is 3.09. The molecule has 1 amide bonds. The van der Waals surface area contributed by atoms with E-state index in [0.717, 1.165) is 5.71 Å². The van der Waals surface area contributed by atoms with Crippen LogP contribution in [0.4, 0.5) is 4.79 Å². The van der Waals surface area contributed by atoms with Crippen LogP contribution in [0, 0.1) is 0 Å². The number of ether oxygens (including phenoxy) is 2. The number of nitrogens with zero attached hydrogens (tertiary/aromatic N) is 1. The van der Waals surface area contributed by atoms with Crippen LogP contribution in [0.3, 0.4) is 0 Å². The Morgan fingerprint density at radius 1 is 1.53 bits per heavy atom. The van der Waals surface area contributed by atoms with Crippen molar-refractivity contribution in [3.05, 3.63) is 0 Å². The van der Waals surface area contributed by atoms with E-state index in [2.05, 4.69) is 10.5 Å². The second-order valence-electron chi connectivity index (χ2n) is 5.46. The summed E-state index contributed by atoms with van der Waals surface area (Å²) < 4.78 is 10.2. The fraction of sp³-hybridized carbons (Fsp3) is 0.818. The zero-order chi connectivity index (χ0) is 12.5. The summed E-state index contributed by atoms with van der Waals surface area (Å²) in [7, 11) is 0. The third-order valence-electron chi connectivity index (χ3n) is 2.46. The Kier molecular flexibility index (Phi) is 2.99. The Morgan fingerprint density at radius 2 is 2.24 bits per heavy atom. The minimum Gasteiger partial charge on any atom is -0.444 e. The van der Waals surface area contributed by atoms with Crippen LogP contribution in [0.5, 0.6) is 0 Å². The Morgan fingerprint density at radius 3 is 2.71 bits per heavy atom. The highest BCUT2D eigenvalue weighted by atomic mass is 16.7. The van der Waals surface area contributed by atoms with Crippen molar-refractivity contribution in [2.24, 2.45) is 5.16 Å². The summed E-state index contributed by atoms with van der Waals surface area (Å²) in [6.07, 6.45) is 0.272. The van der Waals surface area contributed by atoms with Gasteiger partial charge in [-0.25, -0.2) is 4.79 Å². The first-order chi connectivity index (χ1) is 7.89. The lowest BCUT2D eigenvalue weighted by atomic mass is 9.96. The monoisotopic (exact) mass is 242 g/mol. The molecule has 0 unspecified atom stereocenters. The van der Waals surface area contributed by atoms with Crippen LogP contribution < -0.4 is 5.32 Å². The SMILES string of the molecule is CC(C)(C)OC(=O)NCC1=NOC2(COC2)C1. The van der Waals surface area contributed by atoms with Gasteiger partial charge in [0.1, 0.15) is 5.60 Å². The molecule has 2 heterocycles. The van der Waals surface area contributed by atoms with Gasteiger partial charge in [-0.15, -0.1) is 0 Å². The molecule has 6 heteroatoms. The van der Waals surface area contributed by atoms with E-state index in [1.165, 1.54) is 0 Å². The molecule has 6 nitrogen and oxygen atoms in total. The lowest BCUT2D eigenvalue weighted by Crippen LogP contribution is -2.50. The average Bonchev–Trinajstić information content (AvgIpc) is 2.55. The predicted molar refractivity (Wildman–Crippen MR) is 60.9 cm³/mol. The topological polar surface area (TPSA) is 69.2 Å². The standard InChI is InChI=1S/C11H18N2O4/c1-10(2,3)16-9(14)12-5-8-4-11(17-13-8)6-15-7-11/h4-7H2,1-3H3,(H,12,14). The lowest BCUT2D eigenvalue weighted by molar-refractivity contribution is -0.194. The second-order valence-corrected chi connectivity index (χ2v) is 5.46. The predicted octanol–water partition coefficient (Wildman–Crippen LogP) is 1.06. The number of oxime groups is 1. The molecule has 1 fully saturated rings. The first-order valence-electron chi connectivity index (χ1n) is 5.67. The van der Waals surface area contributed by atoms with Crippen molar-refractivity contribution in [1.29, 1.82) is 0 Å². The zero-order valence-corrected chi connectivity index (χ0v) is 10.4. The molecule has 2 aliphatic heterocycles. The van der Waals surface area contributed by atoms with Gasteiger partial charge in [0.2, 0.25) is 0 Å². The number of alkyl carbamates (subject to hydrolysis) is 1. The summed E-state index contributed by atoms with van der Waals surface area (Å²) in [5, 5.41) is 6.60. The summed E-state index contributed by atoms with van der Waals surface area (Å²) in [5.41, 5.74) is 0.0747. The summed E-state index contributed by atoms with van der Waals surface area (Å²) in [4.78, 5) is 16.7. The molecule has 2 aliphatic rings. The van der Waals surface area contributed by atoms with Crippen LogP contribution in [0.1, 0.15) is 27.2 Å². The Hall–Kier alpha value is -1.30. The highest BCUT2D eigenvalue weighted by molar-refractivity contribution is 5.90. The molecule has 2 rings (SSSR count). The zero-order valence-electron chi connectivity index (χ0n) is 10.4. The smallest absolute Gasteiger partial charge is 0.407 e. The van der Waals surface area contributed by atoms with Crippen molar-refractivity contribution < 1.29 is 19.1 Å². The first-order valence-corrected chi connectivity index (χ1v) is 5.67. The van der Waals surface area contributed by atoms with E-state index in [1.807, 2.05) is 20.8 Å². The molecule has 17 heavy (non-hydrogen) atoms. The van der Waals surface area contributed by atoms with Crippen LogP contribution in [-0.4, -0.2) is 42.8 Å². The van der Waals surface area contributed by atoms with E-state index in [9.17, 15) is 4.79 Å². The van der Waals surface area contributed by atoms with Crippen LogP contribution in [0.15, 0.2) is 5.16 Å². The van der Waals surface area contributed by atoms with E-state index in [-0.39, 0.29) is 5.60 Å². The Labute approximate surface area is 100 Å². The number of hydrogen-bond donors (Lipinski definition) is 1. The molecule has 0 radical (unpaired) electrons. The largest absolute Gasteiger partial charge is 0.444 e. The first kappa shape index (κ1) is 12.2. The van der Waals surface area contributed by atoms with Crippen molar-refractivity contribution >= 4 is 11.8 Å². The molecule has 0 atom stereocenters. The quantitative estimate of drug-likeness (QED) is 0.786. The van der Waals surface area contributed by atoms with Gasteiger partial charge in [0.15, 0.2) is 5.60 Å². The van der Waals surface area contributed by atoms with Gasteiger partial charge in [-0.1, -0.05) is 5.16 Å². The van der Waals surface area contributed by atoms with Crippen LogP contribution >= 0.6 is 0 Å². The van der Waals surface area contributed by atoms with Crippen molar-refractivity contribution in [1.82, 2.24) is 5.32 Å². The Bertz CT molecular complexity index is 342. The highest BCUT2D eigenvalue weighted by Crippen LogP contribution is 2.31. The maximum Gasteiger partial charge on any atom is 0.407 e. The van der Waals surface area contributed by atoms with Crippen LogP contribution in [0.2, 0.25) is 0 Å². The minimum atomic E-state index is -0.485. The van der Waals surface area contributed by atoms with Gasteiger partial charge in [-0.2, -0.15) is 0 Å². The van der Waals surface area contributed by atoms with Gasteiger partial charge in [0.25, 0.3) is 0 Å². The molecule has 0 aromatic carbocycles. The summed E-state index contributed by atoms with van der Waals surface area (Å²) >= 11 is 0. The van der Waals surface area contributed by atoms with E-state index < -0.39 is 11.7 Å². The summed E-state index contributed by atoms with van der Waals surface area (Å²) in [6.45, 7) is 6.98. The van der Waals surface area contributed by atoms with E-state index >= 15 is 0 Å². The van der Waals surface area contributed by atoms with Crippen molar-refractivity contribution in [2.75, 3.05) is 19.8 Å². The van der Waals surface area contributed by atoms with Gasteiger partial charge in [0, 0.05) is 6.42 Å². The van der Waals surface area contributed by atoms with E-state index in [4.69, 9.17) is 14.3 Å². The van der Waals surface area contributed by atoms with Crippen molar-refractivity contribution in [2.45, 2.75) is 38.4 Å². The molecule has 1 N–H and O–H groups in total. The number of amides is 1. The van der Waals surface area contributed by atoms with E-state index in [1.54, 1.807) is 0 Å². The molecule has 0 aliphatic carbocycles. The number of hydrogen-bond acceptors (Lipinski definition) is 5. The molecule has 0 bridgehead atoms. The number of rotatable bonds is 2. The molecule has 96 valence electrons.